The minimum Gasteiger partial charge on any atom is -0.315 e. The van der Waals surface area contributed by atoms with E-state index in [2.05, 4.69) is 24.5 Å². The molecule has 0 aromatic rings. The van der Waals surface area contributed by atoms with Gasteiger partial charge in [-0.05, 0) is 32.7 Å². The van der Waals surface area contributed by atoms with E-state index in [9.17, 15) is 0 Å². The first kappa shape index (κ1) is 23.0. The van der Waals surface area contributed by atoms with Crippen LogP contribution in [0.5, 0.6) is 0 Å². The lowest BCUT2D eigenvalue weighted by atomic mass is 9.99. The highest BCUT2D eigenvalue weighted by Gasteiger charge is 2.16. The van der Waals surface area contributed by atoms with Gasteiger partial charge in [0.2, 0.25) is 0 Å². The molecule has 0 aliphatic carbocycles. The number of hydrogen-bond acceptors (Lipinski definition) is 2. The van der Waals surface area contributed by atoms with Crippen LogP contribution in [0, 0.1) is 0 Å². The van der Waals surface area contributed by atoms with Gasteiger partial charge in [-0.15, -0.1) is 0 Å². The predicted octanol–water partition coefficient (Wildman–Crippen LogP) is 6.59. The van der Waals surface area contributed by atoms with Crippen LogP contribution in [0.3, 0.4) is 0 Å². The Kier molecular flexibility index (Phi) is 15.9. The van der Waals surface area contributed by atoms with Gasteiger partial charge in [0.05, 0.1) is 0 Å². The van der Waals surface area contributed by atoms with Crippen LogP contribution in [0.2, 0.25) is 0 Å². The molecule has 1 aliphatic heterocycles. The minimum atomic E-state index is 0.718. The van der Waals surface area contributed by atoms with E-state index in [1.807, 2.05) is 0 Å². The zero-order chi connectivity index (χ0) is 18.0. The first-order valence-electron chi connectivity index (χ1n) is 11.8. The van der Waals surface area contributed by atoms with Crippen LogP contribution in [-0.4, -0.2) is 25.2 Å². The summed E-state index contributed by atoms with van der Waals surface area (Å²) in [5.74, 6) is 0. The summed E-state index contributed by atoms with van der Waals surface area (Å²) in [6.07, 6.45) is 24.4. The van der Waals surface area contributed by atoms with Crippen molar-refractivity contribution in [1.29, 1.82) is 0 Å². The molecule has 0 aromatic carbocycles. The Morgan fingerprint density at radius 2 is 1.24 bits per heavy atom. The zero-order valence-corrected chi connectivity index (χ0v) is 17.6. The third-order valence-electron chi connectivity index (χ3n) is 5.81. The van der Waals surface area contributed by atoms with Gasteiger partial charge < -0.3 is 10.6 Å². The Morgan fingerprint density at radius 1 is 0.720 bits per heavy atom. The standard InChI is InChI=1S/C23H48N2/c1-3-4-5-6-7-8-9-10-11-12-13-14-15-16-20-24-21-23-19-17-18-22(2)25-23/h22-25H,3-21H2,1-2H3. The number of nitrogens with one attached hydrogen (secondary N) is 2. The maximum atomic E-state index is 3.71. The van der Waals surface area contributed by atoms with Gasteiger partial charge in [0.25, 0.3) is 0 Å². The molecule has 0 bridgehead atoms. The second-order valence-corrected chi connectivity index (χ2v) is 8.50. The molecule has 2 N–H and O–H groups in total. The summed E-state index contributed by atoms with van der Waals surface area (Å²) in [7, 11) is 0. The van der Waals surface area contributed by atoms with Crippen molar-refractivity contribution < 1.29 is 0 Å². The maximum absolute atomic E-state index is 3.71. The molecule has 0 radical (unpaired) electrons. The molecule has 0 spiro atoms. The summed E-state index contributed by atoms with van der Waals surface area (Å²) < 4.78 is 0. The SMILES string of the molecule is CCCCCCCCCCCCCCCCNCC1CCCC(C)N1. The van der Waals surface area contributed by atoms with E-state index in [1.54, 1.807) is 0 Å². The van der Waals surface area contributed by atoms with Gasteiger partial charge in [0.1, 0.15) is 0 Å². The number of piperidine rings is 1. The number of hydrogen-bond donors (Lipinski definition) is 2. The van der Waals surface area contributed by atoms with Crippen LogP contribution in [0.25, 0.3) is 0 Å². The monoisotopic (exact) mass is 352 g/mol. The molecule has 2 unspecified atom stereocenters. The van der Waals surface area contributed by atoms with Crippen molar-refractivity contribution in [3.63, 3.8) is 0 Å². The average molecular weight is 353 g/mol. The summed E-state index contributed by atoms with van der Waals surface area (Å²) in [5.41, 5.74) is 0. The summed E-state index contributed by atoms with van der Waals surface area (Å²) in [5, 5.41) is 7.36. The summed E-state index contributed by atoms with van der Waals surface area (Å²) in [6.45, 7) is 7.00. The van der Waals surface area contributed by atoms with Gasteiger partial charge in [-0.3, -0.25) is 0 Å². The molecule has 0 aromatic heterocycles. The smallest absolute Gasteiger partial charge is 0.0194 e. The normalized spacial score (nSPS) is 20.9. The fourth-order valence-electron chi connectivity index (χ4n) is 4.12. The molecule has 1 heterocycles. The van der Waals surface area contributed by atoms with Gasteiger partial charge in [-0.1, -0.05) is 96.8 Å². The maximum Gasteiger partial charge on any atom is 0.0194 e. The minimum absolute atomic E-state index is 0.718. The Labute approximate surface area is 159 Å². The third-order valence-corrected chi connectivity index (χ3v) is 5.81. The molecule has 25 heavy (non-hydrogen) atoms. The van der Waals surface area contributed by atoms with E-state index in [0.29, 0.717) is 0 Å². The van der Waals surface area contributed by atoms with E-state index in [1.165, 1.54) is 122 Å². The Hall–Kier alpha value is -0.0800. The topological polar surface area (TPSA) is 24.1 Å². The van der Waals surface area contributed by atoms with Gasteiger partial charge in [-0.25, -0.2) is 0 Å². The highest BCUT2D eigenvalue weighted by molar-refractivity contribution is 4.79. The van der Waals surface area contributed by atoms with Crippen molar-refractivity contribution in [2.75, 3.05) is 13.1 Å². The molecule has 150 valence electrons. The molecule has 1 rings (SSSR count). The first-order valence-corrected chi connectivity index (χ1v) is 11.8. The first-order chi connectivity index (χ1) is 12.3. The Bertz CT molecular complexity index is 267. The fourth-order valence-corrected chi connectivity index (χ4v) is 4.12. The van der Waals surface area contributed by atoms with Crippen molar-refractivity contribution in [3.05, 3.63) is 0 Å². The summed E-state index contributed by atoms with van der Waals surface area (Å²) in [4.78, 5) is 0. The van der Waals surface area contributed by atoms with E-state index in [-0.39, 0.29) is 0 Å². The molecule has 2 atom stereocenters. The average Bonchev–Trinajstić information content (AvgIpc) is 2.61. The van der Waals surface area contributed by atoms with Crippen LogP contribution in [0.15, 0.2) is 0 Å². The second-order valence-electron chi connectivity index (χ2n) is 8.50. The third kappa shape index (κ3) is 14.7. The molecular weight excluding hydrogens is 304 g/mol. The van der Waals surface area contributed by atoms with Crippen molar-refractivity contribution >= 4 is 0 Å². The van der Waals surface area contributed by atoms with Crippen LogP contribution in [-0.2, 0) is 0 Å². The quantitative estimate of drug-likeness (QED) is 0.289. The highest BCUT2D eigenvalue weighted by Crippen LogP contribution is 2.13. The van der Waals surface area contributed by atoms with Gasteiger partial charge in [0.15, 0.2) is 0 Å². The van der Waals surface area contributed by atoms with Gasteiger partial charge >= 0.3 is 0 Å². The van der Waals surface area contributed by atoms with Crippen molar-refractivity contribution in [2.24, 2.45) is 0 Å². The van der Waals surface area contributed by atoms with E-state index < -0.39 is 0 Å². The van der Waals surface area contributed by atoms with Crippen LogP contribution in [0.1, 0.15) is 123 Å². The second kappa shape index (κ2) is 17.3. The molecule has 0 amide bonds. The molecule has 1 fully saturated rings. The molecule has 1 saturated heterocycles. The van der Waals surface area contributed by atoms with E-state index >= 15 is 0 Å². The molecule has 2 nitrogen and oxygen atoms in total. The molecule has 1 aliphatic rings. The number of unbranched alkanes of at least 4 members (excludes halogenated alkanes) is 13. The Balaban J connectivity index is 1.69. The van der Waals surface area contributed by atoms with Crippen molar-refractivity contribution in [3.8, 4) is 0 Å². The van der Waals surface area contributed by atoms with Crippen LogP contribution in [0.4, 0.5) is 0 Å². The largest absolute Gasteiger partial charge is 0.315 e. The molecule has 0 saturated carbocycles. The van der Waals surface area contributed by atoms with Crippen LogP contribution < -0.4 is 10.6 Å². The molecular formula is C23H48N2. The van der Waals surface area contributed by atoms with Crippen LogP contribution >= 0.6 is 0 Å². The summed E-state index contributed by atoms with van der Waals surface area (Å²) >= 11 is 0. The fraction of sp³-hybridized carbons (Fsp3) is 1.00. The van der Waals surface area contributed by atoms with E-state index in [0.717, 1.165) is 12.1 Å². The van der Waals surface area contributed by atoms with Crippen molar-refractivity contribution in [1.82, 2.24) is 10.6 Å². The highest BCUT2D eigenvalue weighted by atomic mass is 15.0. The molecule has 2 heteroatoms. The van der Waals surface area contributed by atoms with Gasteiger partial charge in [0, 0.05) is 18.6 Å². The lowest BCUT2D eigenvalue weighted by Gasteiger charge is -2.29. The lowest BCUT2D eigenvalue weighted by molar-refractivity contribution is 0.324. The van der Waals surface area contributed by atoms with Crippen molar-refractivity contribution in [2.45, 2.75) is 135 Å². The predicted molar refractivity (Wildman–Crippen MR) is 113 cm³/mol. The summed E-state index contributed by atoms with van der Waals surface area (Å²) in [6, 6.07) is 1.44. The lowest BCUT2D eigenvalue weighted by Crippen LogP contribution is -2.46. The van der Waals surface area contributed by atoms with Gasteiger partial charge in [-0.2, -0.15) is 0 Å². The Morgan fingerprint density at radius 3 is 1.76 bits per heavy atom. The number of rotatable bonds is 17. The van der Waals surface area contributed by atoms with E-state index in [4.69, 9.17) is 0 Å². The zero-order valence-electron chi connectivity index (χ0n) is 17.6.